The maximum Gasteiger partial charge on any atom is 0.329 e. The van der Waals surface area contributed by atoms with Gasteiger partial charge in [-0.05, 0) is 102 Å². The van der Waals surface area contributed by atoms with E-state index in [2.05, 4.69) is 175 Å². The number of benzene rings is 8. The van der Waals surface area contributed by atoms with Gasteiger partial charge in [0.25, 0.3) is 0 Å². The molecule has 0 aromatic heterocycles. The molecule has 8 aromatic carbocycles. The highest BCUT2D eigenvalue weighted by molar-refractivity contribution is 6.92. The number of rotatable bonds is 2. The summed E-state index contributed by atoms with van der Waals surface area (Å²) in [5.74, 6) is 0. The normalized spacial score (nSPS) is 12.7. The molecule has 0 atom stereocenters. The lowest BCUT2D eigenvalue weighted by Gasteiger charge is -2.43. The molecule has 0 bridgehead atoms. The van der Waals surface area contributed by atoms with E-state index in [0.29, 0.717) is 0 Å². The van der Waals surface area contributed by atoms with Crippen LogP contribution in [0, 0.1) is 0 Å². The van der Waals surface area contributed by atoms with E-state index >= 15 is 0 Å². The second-order valence-corrected chi connectivity index (χ2v) is 12.5. The first-order chi connectivity index (χ1) is 22.8. The molecule has 2 aliphatic heterocycles. The minimum atomic E-state index is 0.102. The fraction of sp³-hybridized carbons (Fsp3) is 0. The van der Waals surface area contributed by atoms with Crippen molar-refractivity contribution in [3.05, 3.63) is 170 Å². The summed E-state index contributed by atoms with van der Waals surface area (Å²) >= 11 is 0. The standard InChI is InChI=1S/C44H28BN/c1-3-11-31-25-33(19-17-29(31)9-1)35-21-23-43-39(27-35)37-13-5-7-15-41(37)45-42-16-8-6-14-38(42)40-28-36(22-24-44(40)46(43)45)34-20-18-30-10-2-4-12-32(30)26-34/h1-28H. The molecule has 0 radical (unpaired) electrons. The van der Waals surface area contributed by atoms with Crippen LogP contribution in [0.5, 0.6) is 0 Å². The molecule has 212 valence electrons. The highest BCUT2D eigenvalue weighted by Crippen LogP contribution is 2.48. The number of nitrogens with zero attached hydrogens (tertiary/aromatic N) is 1. The lowest BCUT2D eigenvalue weighted by Crippen LogP contribution is -2.59. The molecule has 0 saturated carbocycles. The maximum atomic E-state index is 2.59. The highest BCUT2D eigenvalue weighted by Gasteiger charge is 2.42. The van der Waals surface area contributed by atoms with E-state index in [-0.39, 0.29) is 6.85 Å². The van der Waals surface area contributed by atoms with Gasteiger partial charge in [-0.3, -0.25) is 0 Å². The fourth-order valence-corrected chi connectivity index (χ4v) is 7.84. The topological polar surface area (TPSA) is 3.24 Å². The molecule has 0 amide bonds. The van der Waals surface area contributed by atoms with Gasteiger partial charge in [0, 0.05) is 22.5 Å². The number of fused-ring (bicyclic) bond motifs is 13. The minimum Gasteiger partial charge on any atom is -0.376 e. The first-order valence-corrected chi connectivity index (χ1v) is 16.0. The third-order valence-corrected chi connectivity index (χ3v) is 10.0. The Balaban J connectivity index is 1.18. The third kappa shape index (κ3) is 3.77. The molecule has 2 heterocycles. The Kier molecular flexibility index (Phi) is 5.44. The van der Waals surface area contributed by atoms with Crippen LogP contribution in [0.2, 0.25) is 0 Å². The molecule has 0 N–H and O–H groups in total. The first-order valence-electron chi connectivity index (χ1n) is 16.0. The van der Waals surface area contributed by atoms with Crippen LogP contribution in [0.15, 0.2) is 170 Å². The van der Waals surface area contributed by atoms with Gasteiger partial charge in [-0.25, -0.2) is 0 Å². The predicted molar refractivity (Wildman–Crippen MR) is 197 cm³/mol. The third-order valence-electron chi connectivity index (χ3n) is 10.0. The van der Waals surface area contributed by atoms with Crippen LogP contribution in [-0.4, -0.2) is 6.85 Å². The molecule has 2 heteroatoms. The van der Waals surface area contributed by atoms with Crippen molar-refractivity contribution in [2.24, 2.45) is 0 Å². The summed E-state index contributed by atoms with van der Waals surface area (Å²) in [6.45, 7) is 0.102. The van der Waals surface area contributed by atoms with E-state index in [1.807, 2.05) is 0 Å². The summed E-state index contributed by atoms with van der Waals surface area (Å²) in [7, 11) is 0. The number of hydrogen-bond acceptors (Lipinski definition) is 1. The van der Waals surface area contributed by atoms with Crippen molar-refractivity contribution in [1.82, 2.24) is 0 Å². The average Bonchev–Trinajstić information content (AvgIpc) is 3.13. The van der Waals surface area contributed by atoms with E-state index in [1.165, 1.54) is 88.4 Å². The fourth-order valence-electron chi connectivity index (χ4n) is 7.84. The van der Waals surface area contributed by atoms with Crippen LogP contribution >= 0.6 is 0 Å². The van der Waals surface area contributed by atoms with Gasteiger partial charge in [0.2, 0.25) is 0 Å². The Bertz CT molecular complexity index is 2340. The van der Waals surface area contributed by atoms with E-state index in [4.69, 9.17) is 0 Å². The summed E-state index contributed by atoms with van der Waals surface area (Å²) in [6, 6.07) is 62.9. The van der Waals surface area contributed by atoms with Gasteiger partial charge in [-0.15, -0.1) is 0 Å². The van der Waals surface area contributed by atoms with E-state index in [9.17, 15) is 0 Å². The van der Waals surface area contributed by atoms with Gasteiger partial charge < -0.3 is 4.81 Å². The summed E-state index contributed by atoms with van der Waals surface area (Å²) in [4.78, 5) is 2.59. The van der Waals surface area contributed by atoms with Crippen molar-refractivity contribution >= 4 is 50.7 Å². The van der Waals surface area contributed by atoms with E-state index in [0.717, 1.165) is 0 Å². The second kappa shape index (κ2) is 9.82. The molecule has 0 aliphatic carbocycles. The minimum absolute atomic E-state index is 0.102. The smallest absolute Gasteiger partial charge is 0.329 e. The molecule has 0 unspecified atom stereocenters. The summed E-state index contributed by atoms with van der Waals surface area (Å²) in [6.07, 6.45) is 0. The van der Waals surface area contributed by atoms with Gasteiger partial charge in [-0.2, -0.15) is 0 Å². The Morgan fingerprint density at radius 2 is 0.696 bits per heavy atom. The zero-order valence-electron chi connectivity index (χ0n) is 25.2. The molecule has 10 rings (SSSR count). The Morgan fingerprint density at radius 3 is 1.20 bits per heavy atom. The molecule has 46 heavy (non-hydrogen) atoms. The van der Waals surface area contributed by atoms with Crippen molar-refractivity contribution in [3.8, 4) is 44.5 Å². The number of anilines is 2. The monoisotopic (exact) mass is 581 g/mol. The summed E-state index contributed by atoms with van der Waals surface area (Å²) in [5.41, 5.74) is 15.3. The largest absolute Gasteiger partial charge is 0.376 e. The van der Waals surface area contributed by atoms with Gasteiger partial charge in [0.1, 0.15) is 0 Å². The number of hydrogen-bond donors (Lipinski definition) is 0. The van der Waals surface area contributed by atoms with Crippen LogP contribution in [0.4, 0.5) is 11.4 Å². The molecule has 2 aliphatic rings. The van der Waals surface area contributed by atoms with Crippen molar-refractivity contribution in [3.63, 3.8) is 0 Å². The Morgan fingerprint density at radius 1 is 0.304 bits per heavy atom. The highest BCUT2D eigenvalue weighted by atomic mass is 15.1. The van der Waals surface area contributed by atoms with Crippen LogP contribution < -0.4 is 15.7 Å². The molecular formula is C44H28BN. The lowest BCUT2D eigenvalue weighted by atomic mass is 9.43. The van der Waals surface area contributed by atoms with Gasteiger partial charge in [0.15, 0.2) is 0 Å². The van der Waals surface area contributed by atoms with Crippen molar-refractivity contribution < 1.29 is 0 Å². The van der Waals surface area contributed by atoms with Gasteiger partial charge in [-0.1, -0.05) is 133 Å². The lowest BCUT2D eigenvalue weighted by molar-refractivity contribution is 1.35. The molecule has 0 fully saturated rings. The quantitative estimate of drug-likeness (QED) is 0.184. The summed E-state index contributed by atoms with van der Waals surface area (Å²) < 4.78 is 0. The van der Waals surface area contributed by atoms with Crippen molar-refractivity contribution in [2.45, 2.75) is 0 Å². The van der Waals surface area contributed by atoms with E-state index < -0.39 is 0 Å². The van der Waals surface area contributed by atoms with Crippen LogP contribution in [0.25, 0.3) is 66.1 Å². The van der Waals surface area contributed by atoms with Crippen molar-refractivity contribution in [1.29, 1.82) is 0 Å². The molecule has 0 spiro atoms. The van der Waals surface area contributed by atoms with Crippen LogP contribution in [0.3, 0.4) is 0 Å². The van der Waals surface area contributed by atoms with Crippen molar-refractivity contribution in [2.75, 3.05) is 4.81 Å². The first kappa shape index (κ1) is 25.5. The molecule has 1 nitrogen and oxygen atoms in total. The predicted octanol–water partition coefficient (Wildman–Crippen LogP) is 10.2. The molecule has 8 aromatic rings. The van der Waals surface area contributed by atoms with Gasteiger partial charge in [0.05, 0.1) is 0 Å². The zero-order chi connectivity index (χ0) is 30.2. The van der Waals surface area contributed by atoms with E-state index in [1.54, 1.807) is 0 Å². The average molecular weight is 582 g/mol. The summed E-state index contributed by atoms with van der Waals surface area (Å²) in [5, 5.41) is 5.07. The Hall–Kier alpha value is -5.86. The maximum absolute atomic E-state index is 2.59. The second-order valence-electron chi connectivity index (χ2n) is 12.5. The molecule has 0 saturated heterocycles. The Labute approximate surface area is 269 Å². The molecular weight excluding hydrogens is 553 g/mol. The SMILES string of the molecule is c1ccc2c(c1)B1c3ccccc3-c3cc(-c4ccc5ccccc5c4)ccc3N1c1ccc(-c3ccc4ccccc4c3)cc1-2. The zero-order valence-corrected chi connectivity index (χ0v) is 25.2. The van der Waals surface area contributed by atoms with Crippen LogP contribution in [0.1, 0.15) is 0 Å². The van der Waals surface area contributed by atoms with Gasteiger partial charge >= 0.3 is 6.85 Å². The van der Waals surface area contributed by atoms with Crippen LogP contribution in [-0.2, 0) is 0 Å².